The number of carbonyl (C=O) groups excluding carboxylic acids is 1. The Morgan fingerprint density at radius 1 is 1.33 bits per heavy atom. The second kappa shape index (κ2) is 6.53. The third-order valence-electron chi connectivity index (χ3n) is 2.85. The molecule has 0 unspecified atom stereocenters. The molecule has 18 heavy (non-hydrogen) atoms. The van der Waals surface area contributed by atoms with Crippen LogP contribution in [0.5, 0.6) is 0 Å². The lowest BCUT2D eigenvalue weighted by Gasteiger charge is -2.22. The average molecular weight is 289 g/mol. The molecule has 0 atom stereocenters. The Balaban J connectivity index is 1.90. The fraction of sp³-hybridized carbons (Fsp3) is 0.462. The van der Waals surface area contributed by atoms with Crippen molar-refractivity contribution < 1.29 is 14.3 Å². The summed E-state index contributed by atoms with van der Waals surface area (Å²) in [4.78, 5) is 11.9. The third kappa shape index (κ3) is 3.69. The van der Waals surface area contributed by atoms with E-state index in [9.17, 15) is 4.79 Å². The van der Waals surface area contributed by atoms with Gasteiger partial charge in [0.25, 0.3) is 0 Å². The van der Waals surface area contributed by atoms with Crippen molar-refractivity contribution >= 4 is 29.0 Å². The van der Waals surface area contributed by atoms with Crippen molar-refractivity contribution in [1.82, 2.24) is 0 Å². The van der Waals surface area contributed by atoms with Crippen molar-refractivity contribution in [3.63, 3.8) is 0 Å². The van der Waals surface area contributed by atoms with Crippen LogP contribution in [0.1, 0.15) is 23.2 Å². The van der Waals surface area contributed by atoms with E-state index in [4.69, 9.17) is 32.7 Å². The van der Waals surface area contributed by atoms with Crippen LogP contribution in [0.2, 0.25) is 10.0 Å². The minimum atomic E-state index is -0.122. The summed E-state index contributed by atoms with van der Waals surface area (Å²) in [6.45, 7) is 1.44. The molecule has 1 aromatic carbocycles. The van der Waals surface area contributed by atoms with Crippen LogP contribution in [0.15, 0.2) is 18.2 Å². The number of rotatable bonds is 4. The van der Waals surface area contributed by atoms with E-state index in [0.717, 1.165) is 12.8 Å². The lowest BCUT2D eigenvalue weighted by atomic mass is 10.1. The van der Waals surface area contributed by atoms with E-state index in [1.54, 1.807) is 18.2 Å². The van der Waals surface area contributed by atoms with Crippen molar-refractivity contribution in [3.05, 3.63) is 33.8 Å². The van der Waals surface area contributed by atoms with E-state index in [1.165, 1.54) is 0 Å². The van der Waals surface area contributed by atoms with Crippen molar-refractivity contribution in [2.75, 3.05) is 19.8 Å². The largest absolute Gasteiger partial charge is 0.381 e. The summed E-state index contributed by atoms with van der Waals surface area (Å²) in [5.41, 5.74) is 0.452. The van der Waals surface area contributed by atoms with Gasteiger partial charge >= 0.3 is 0 Å². The van der Waals surface area contributed by atoms with Gasteiger partial charge in [0.1, 0.15) is 6.61 Å². The fourth-order valence-electron chi connectivity index (χ4n) is 1.83. The van der Waals surface area contributed by atoms with Gasteiger partial charge in [-0.25, -0.2) is 0 Å². The smallest absolute Gasteiger partial charge is 0.189 e. The average Bonchev–Trinajstić information content (AvgIpc) is 2.37. The van der Waals surface area contributed by atoms with Gasteiger partial charge in [-0.05, 0) is 31.0 Å². The Morgan fingerprint density at radius 3 is 2.72 bits per heavy atom. The third-order valence-corrected chi connectivity index (χ3v) is 3.40. The Bertz CT molecular complexity index is 428. The molecular formula is C13H14Cl2O3. The minimum absolute atomic E-state index is 0.0476. The maximum absolute atomic E-state index is 11.9. The first kappa shape index (κ1) is 13.8. The van der Waals surface area contributed by atoms with E-state index in [1.807, 2.05) is 0 Å². The predicted octanol–water partition coefficient (Wildman–Crippen LogP) is 3.37. The maximum atomic E-state index is 11.9. The summed E-state index contributed by atoms with van der Waals surface area (Å²) in [5.74, 6) is -0.122. The van der Waals surface area contributed by atoms with Crippen LogP contribution in [0.4, 0.5) is 0 Å². The Morgan fingerprint density at radius 2 is 2.06 bits per heavy atom. The fourth-order valence-corrected chi connectivity index (χ4v) is 2.34. The first-order chi connectivity index (χ1) is 8.66. The molecule has 3 nitrogen and oxygen atoms in total. The molecule has 0 aromatic heterocycles. The zero-order valence-corrected chi connectivity index (χ0v) is 11.3. The molecule has 0 amide bonds. The second-order valence-electron chi connectivity index (χ2n) is 4.17. The normalized spacial score (nSPS) is 16.8. The Kier molecular flexibility index (Phi) is 5.01. The van der Waals surface area contributed by atoms with E-state index in [2.05, 4.69) is 0 Å². The molecule has 0 saturated carbocycles. The van der Waals surface area contributed by atoms with Gasteiger partial charge in [-0.15, -0.1) is 0 Å². The van der Waals surface area contributed by atoms with Gasteiger partial charge in [0, 0.05) is 23.8 Å². The number of ether oxygens (including phenoxy) is 2. The van der Waals surface area contributed by atoms with Gasteiger partial charge in [0.05, 0.1) is 11.1 Å². The van der Waals surface area contributed by atoms with Crippen LogP contribution in [0, 0.1) is 0 Å². The van der Waals surface area contributed by atoms with Crippen LogP contribution >= 0.6 is 23.2 Å². The maximum Gasteiger partial charge on any atom is 0.189 e. The van der Waals surface area contributed by atoms with Crippen LogP contribution in [0.3, 0.4) is 0 Å². The lowest BCUT2D eigenvalue weighted by molar-refractivity contribution is -0.0262. The van der Waals surface area contributed by atoms with Gasteiger partial charge in [-0.3, -0.25) is 4.79 Å². The number of ketones is 1. The molecule has 1 heterocycles. The standard InChI is InChI=1S/C13H14Cl2O3/c14-9-1-2-11(12(15)7-9)13(16)8-18-10-3-5-17-6-4-10/h1-2,7,10H,3-6,8H2. The first-order valence-corrected chi connectivity index (χ1v) is 6.60. The molecule has 0 spiro atoms. The van der Waals surface area contributed by atoms with Crippen molar-refractivity contribution in [2.45, 2.75) is 18.9 Å². The highest BCUT2D eigenvalue weighted by atomic mass is 35.5. The first-order valence-electron chi connectivity index (χ1n) is 5.84. The van der Waals surface area contributed by atoms with Gasteiger partial charge in [0.15, 0.2) is 5.78 Å². The van der Waals surface area contributed by atoms with Gasteiger partial charge in [-0.2, -0.15) is 0 Å². The van der Waals surface area contributed by atoms with Crippen LogP contribution in [-0.2, 0) is 9.47 Å². The molecule has 0 radical (unpaired) electrons. The summed E-state index contributed by atoms with van der Waals surface area (Å²) in [6.07, 6.45) is 1.78. The van der Waals surface area contributed by atoms with E-state index >= 15 is 0 Å². The summed E-state index contributed by atoms with van der Waals surface area (Å²) in [7, 11) is 0. The molecule has 0 aliphatic carbocycles. The highest BCUT2D eigenvalue weighted by molar-refractivity contribution is 6.36. The Labute approximate surface area is 116 Å². The zero-order valence-electron chi connectivity index (χ0n) is 9.83. The van der Waals surface area contributed by atoms with E-state index < -0.39 is 0 Å². The van der Waals surface area contributed by atoms with Crippen molar-refractivity contribution in [1.29, 1.82) is 0 Å². The number of carbonyl (C=O) groups is 1. The molecule has 98 valence electrons. The van der Waals surface area contributed by atoms with Crippen molar-refractivity contribution in [2.24, 2.45) is 0 Å². The molecule has 1 aromatic rings. The highest BCUT2D eigenvalue weighted by Crippen LogP contribution is 2.22. The summed E-state index contributed by atoms with van der Waals surface area (Å²) < 4.78 is 10.8. The van der Waals surface area contributed by atoms with Crippen molar-refractivity contribution in [3.8, 4) is 0 Å². The minimum Gasteiger partial charge on any atom is -0.381 e. The number of hydrogen-bond acceptors (Lipinski definition) is 3. The van der Waals surface area contributed by atoms with Gasteiger partial charge < -0.3 is 9.47 Å². The molecule has 2 rings (SSSR count). The zero-order chi connectivity index (χ0) is 13.0. The number of benzene rings is 1. The molecule has 1 saturated heterocycles. The number of halogens is 2. The van der Waals surface area contributed by atoms with Crippen LogP contribution in [-0.4, -0.2) is 31.7 Å². The molecule has 0 N–H and O–H groups in total. The van der Waals surface area contributed by atoms with Gasteiger partial charge in [0.2, 0.25) is 0 Å². The number of hydrogen-bond donors (Lipinski definition) is 0. The monoisotopic (exact) mass is 288 g/mol. The number of Topliss-reactive ketones (excluding diaryl/α,β-unsaturated/α-hetero) is 1. The molecule has 5 heteroatoms. The molecule has 1 fully saturated rings. The Hall–Kier alpha value is -0.610. The van der Waals surface area contributed by atoms with Crippen LogP contribution in [0.25, 0.3) is 0 Å². The lowest BCUT2D eigenvalue weighted by Crippen LogP contribution is -2.26. The second-order valence-corrected chi connectivity index (χ2v) is 5.01. The predicted molar refractivity (Wildman–Crippen MR) is 70.6 cm³/mol. The molecule has 0 bridgehead atoms. The molecule has 1 aliphatic heterocycles. The quantitative estimate of drug-likeness (QED) is 0.797. The van der Waals surface area contributed by atoms with E-state index in [-0.39, 0.29) is 18.5 Å². The van der Waals surface area contributed by atoms with Crippen LogP contribution < -0.4 is 0 Å². The summed E-state index contributed by atoms with van der Waals surface area (Å²) in [5, 5.41) is 0.880. The SMILES string of the molecule is O=C(COC1CCOCC1)c1ccc(Cl)cc1Cl. The summed E-state index contributed by atoms with van der Waals surface area (Å²) >= 11 is 11.7. The van der Waals surface area contributed by atoms with E-state index in [0.29, 0.717) is 28.8 Å². The van der Waals surface area contributed by atoms with Gasteiger partial charge in [-0.1, -0.05) is 23.2 Å². The molecular weight excluding hydrogens is 275 g/mol. The summed E-state index contributed by atoms with van der Waals surface area (Å²) in [6, 6.07) is 4.83. The molecule has 1 aliphatic rings. The highest BCUT2D eigenvalue weighted by Gasteiger charge is 2.17. The topological polar surface area (TPSA) is 35.5 Å².